The monoisotopic (exact) mass is 234 g/mol. The van der Waals surface area contributed by atoms with Crippen LogP contribution in [0.3, 0.4) is 0 Å². The van der Waals surface area contributed by atoms with E-state index in [9.17, 15) is 0 Å². The van der Waals surface area contributed by atoms with Crippen molar-refractivity contribution in [1.82, 2.24) is 10.2 Å². The lowest BCUT2D eigenvalue weighted by Gasteiger charge is -2.10. The standard InChI is InChI=1S/C15H26N2/c1-13-6-7-15(12-14(13)2)8-10-16-9-5-11-17(3)4/h6-7,12,16H,5,8-11H2,1-4H3. The number of hydrogen-bond donors (Lipinski definition) is 1. The second kappa shape index (κ2) is 7.46. The van der Waals surface area contributed by atoms with Gasteiger partial charge in [0.25, 0.3) is 0 Å². The van der Waals surface area contributed by atoms with Crippen LogP contribution in [0, 0.1) is 13.8 Å². The SMILES string of the molecule is Cc1ccc(CCNCCCN(C)C)cc1C. The van der Waals surface area contributed by atoms with E-state index in [0.717, 1.165) is 26.1 Å². The third-order valence-electron chi connectivity index (χ3n) is 3.12. The average Bonchev–Trinajstić information content (AvgIpc) is 2.27. The summed E-state index contributed by atoms with van der Waals surface area (Å²) >= 11 is 0. The Morgan fingerprint density at radius 3 is 2.47 bits per heavy atom. The van der Waals surface area contributed by atoms with Crippen molar-refractivity contribution in [2.24, 2.45) is 0 Å². The molecule has 0 heterocycles. The van der Waals surface area contributed by atoms with Crippen molar-refractivity contribution in [3.63, 3.8) is 0 Å². The summed E-state index contributed by atoms with van der Waals surface area (Å²) in [6.45, 7) is 7.71. The summed E-state index contributed by atoms with van der Waals surface area (Å²) in [6.07, 6.45) is 2.35. The Kier molecular flexibility index (Phi) is 6.23. The van der Waals surface area contributed by atoms with Crippen LogP contribution in [0.25, 0.3) is 0 Å². The molecule has 0 fully saturated rings. The highest BCUT2D eigenvalue weighted by atomic mass is 15.0. The maximum atomic E-state index is 3.50. The molecular weight excluding hydrogens is 208 g/mol. The van der Waals surface area contributed by atoms with Crippen molar-refractivity contribution in [3.05, 3.63) is 34.9 Å². The zero-order valence-corrected chi connectivity index (χ0v) is 11.7. The number of nitrogens with zero attached hydrogens (tertiary/aromatic N) is 1. The third kappa shape index (κ3) is 5.85. The molecule has 0 spiro atoms. The molecule has 1 N–H and O–H groups in total. The minimum absolute atomic E-state index is 1.08. The summed E-state index contributed by atoms with van der Waals surface area (Å²) in [5.74, 6) is 0. The molecule has 0 saturated heterocycles. The molecule has 0 aromatic heterocycles. The van der Waals surface area contributed by atoms with Crippen LogP contribution >= 0.6 is 0 Å². The number of nitrogens with one attached hydrogen (secondary N) is 1. The summed E-state index contributed by atoms with van der Waals surface area (Å²) in [5.41, 5.74) is 4.22. The maximum Gasteiger partial charge on any atom is -0.000834 e. The fourth-order valence-corrected chi connectivity index (χ4v) is 1.84. The highest BCUT2D eigenvalue weighted by Crippen LogP contribution is 2.09. The fraction of sp³-hybridized carbons (Fsp3) is 0.600. The van der Waals surface area contributed by atoms with Crippen molar-refractivity contribution >= 4 is 0 Å². The van der Waals surface area contributed by atoms with Crippen LogP contribution in [0.5, 0.6) is 0 Å². The van der Waals surface area contributed by atoms with Gasteiger partial charge in [-0.15, -0.1) is 0 Å². The smallest absolute Gasteiger partial charge is 0.000834 e. The van der Waals surface area contributed by atoms with Gasteiger partial charge in [-0.05, 0) is 77.1 Å². The molecule has 2 nitrogen and oxygen atoms in total. The number of hydrogen-bond acceptors (Lipinski definition) is 2. The van der Waals surface area contributed by atoms with E-state index < -0.39 is 0 Å². The summed E-state index contributed by atoms with van der Waals surface area (Å²) in [7, 11) is 4.24. The summed E-state index contributed by atoms with van der Waals surface area (Å²) in [4.78, 5) is 2.23. The van der Waals surface area contributed by atoms with Gasteiger partial charge < -0.3 is 10.2 Å². The number of aryl methyl sites for hydroxylation is 2. The van der Waals surface area contributed by atoms with Crippen molar-refractivity contribution < 1.29 is 0 Å². The van der Waals surface area contributed by atoms with Crippen LogP contribution in [-0.2, 0) is 6.42 Å². The summed E-state index contributed by atoms with van der Waals surface area (Å²) < 4.78 is 0. The van der Waals surface area contributed by atoms with Gasteiger partial charge in [0.15, 0.2) is 0 Å². The molecule has 1 rings (SSSR count). The predicted molar refractivity (Wildman–Crippen MR) is 75.7 cm³/mol. The molecule has 0 saturated carbocycles. The lowest BCUT2D eigenvalue weighted by molar-refractivity contribution is 0.395. The van der Waals surface area contributed by atoms with Crippen LogP contribution in [0.15, 0.2) is 18.2 Å². The number of benzene rings is 1. The lowest BCUT2D eigenvalue weighted by atomic mass is 10.0. The fourth-order valence-electron chi connectivity index (χ4n) is 1.84. The second-order valence-electron chi connectivity index (χ2n) is 5.08. The Hall–Kier alpha value is -0.860. The Balaban J connectivity index is 2.16. The second-order valence-corrected chi connectivity index (χ2v) is 5.08. The molecule has 0 radical (unpaired) electrons. The van der Waals surface area contributed by atoms with E-state index in [4.69, 9.17) is 0 Å². The van der Waals surface area contributed by atoms with Crippen LogP contribution < -0.4 is 5.32 Å². The topological polar surface area (TPSA) is 15.3 Å². The van der Waals surface area contributed by atoms with Crippen LogP contribution in [0.1, 0.15) is 23.1 Å². The zero-order chi connectivity index (χ0) is 12.7. The molecule has 1 aromatic carbocycles. The van der Waals surface area contributed by atoms with Gasteiger partial charge >= 0.3 is 0 Å². The molecule has 1 aromatic rings. The molecule has 0 aliphatic carbocycles. The lowest BCUT2D eigenvalue weighted by Crippen LogP contribution is -2.23. The minimum atomic E-state index is 1.08. The predicted octanol–water partition coefficient (Wildman–Crippen LogP) is 2.39. The van der Waals surface area contributed by atoms with Crippen LogP contribution in [-0.4, -0.2) is 38.6 Å². The highest BCUT2D eigenvalue weighted by Gasteiger charge is 1.96. The first kappa shape index (κ1) is 14.2. The van der Waals surface area contributed by atoms with E-state index in [2.05, 4.69) is 56.4 Å². The Morgan fingerprint density at radius 1 is 1.06 bits per heavy atom. The van der Waals surface area contributed by atoms with E-state index in [0.29, 0.717) is 0 Å². The van der Waals surface area contributed by atoms with Crippen molar-refractivity contribution in [1.29, 1.82) is 0 Å². The summed E-state index contributed by atoms with van der Waals surface area (Å²) in [5, 5.41) is 3.50. The number of rotatable bonds is 7. The largest absolute Gasteiger partial charge is 0.316 e. The Bertz CT molecular complexity index is 332. The third-order valence-corrected chi connectivity index (χ3v) is 3.12. The molecule has 96 valence electrons. The maximum absolute atomic E-state index is 3.50. The van der Waals surface area contributed by atoms with Gasteiger partial charge in [0.05, 0.1) is 0 Å². The van der Waals surface area contributed by atoms with E-state index >= 15 is 0 Å². The van der Waals surface area contributed by atoms with Gasteiger partial charge in [0.2, 0.25) is 0 Å². The van der Waals surface area contributed by atoms with Crippen molar-refractivity contribution in [2.75, 3.05) is 33.7 Å². The van der Waals surface area contributed by atoms with Crippen LogP contribution in [0.2, 0.25) is 0 Å². The first-order valence-corrected chi connectivity index (χ1v) is 6.51. The molecule has 0 aliphatic rings. The summed E-state index contributed by atoms with van der Waals surface area (Å²) in [6, 6.07) is 6.76. The van der Waals surface area contributed by atoms with E-state index in [1.54, 1.807) is 0 Å². The quantitative estimate of drug-likeness (QED) is 0.729. The molecule has 0 unspecified atom stereocenters. The van der Waals surface area contributed by atoms with E-state index in [1.807, 2.05) is 0 Å². The molecule has 0 bridgehead atoms. The molecular formula is C15H26N2. The first-order chi connectivity index (χ1) is 8.09. The first-order valence-electron chi connectivity index (χ1n) is 6.51. The molecule has 0 aliphatic heterocycles. The van der Waals surface area contributed by atoms with Gasteiger partial charge in [0, 0.05) is 0 Å². The Morgan fingerprint density at radius 2 is 1.82 bits per heavy atom. The zero-order valence-electron chi connectivity index (χ0n) is 11.7. The average molecular weight is 234 g/mol. The van der Waals surface area contributed by atoms with Gasteiger partial charge in [-0.2, -0.15) is 0 Å². The van der Waals surface area contributed by atoms with Crippen molar-refractivity contribution in [2.45, 2.75) is 26.7 Å². The molecule has 17 heavy (non-hydrogen) atoms. The van der Waals surface area contributed by atoms with Crippen molar-refractivity contribution in [3.8, 4) is 0 Å². The van der Waals surface area contributed by atoms with Gasteiger partial charge in [-0.25, -0.2) is 0 Å². The molecule has 0 atom stereocenters. The highest BCUT2D eigenvalue weighted by molar-refractivity contribution is 5.29. The van der Waals surface area contributed by atoms with Crippen LogP contribution in [0.4, 0.5) is 0 Å². The van der Waals surface area contributed by atoms with Gasteiger partial charge in [-0.3, -0.25) is 0 Å². The molecule has 2 heteroatoms. The molecule has 0 amide bonds. The minimum Gasteiger partial charge on any atom is -0.316 e. The normalized spacial score (nSPS) is 11.1. The van der Waals surface area contributed by atoms with Gasteiger partial charge in [0.1, 0.15) is 0 Å². The Labute approximate surface area is 106 Å². The van der Waals surface area contributed by atoms with E-state index in [1.165, 1.54) is 23.1 Å². The van der Waals surface area contributed by atoms with Gasteiger partial charge in [-0.1, -0.05) is 18.2 Å². The van der Waals surface area contributed by atoms with E-state index in [-0.39, 0.29) is 0 Å².